The first-order valence-electron chi connectivity index (χ1n) is 6.82. The molecule has 2 fully saturated rings. The van der Waals surface area contributed by atoms with Gasteiger partial charge in [0.15, 0.2) is 0 Å². The van der Waals surface area contributed by atoms with Gasteiger partial charge in [-0.3, -0.25) is 4.79 Å². The highest BCUT2D eigenvalue weighted by atomic mass is 16.2. The SMILES string of the molecule is CCCC1CC1NCC(=O)NC1CCCC1. The minimum atomic E-state index is 0.189. The van der Waals surface area contributed by atoms with Crippen molar-refractivity contribution in [3.05, 3.63) is 0 Å². The molecule has 0 saturated heterocycles. The third-order valence-corrected chi connectivity index (χ3v) is 3.83. The van der Waals surface area contributed by atoms with Gasteiger partial charge in [-0.15, -0.1) is 0 Å². The third kappa shape index (κ3) is 3.48. The van der Waals surface area contributed by atoms with E-state index in [0.29, 0.717) is 18.6 Å². The Hall–Kier alpha value is -0.570. The van der Waals surface area contributed by atoms with Crippen LogP contribution in [0.15, 0.2) is 0 Å². The van der Waals surface area contributed by atoms with Gasteiger partial charge in [-0.2, -0.15) is 0 Å². The van der Waals surface area contributed by atoms with Crippen LogP contribution in [-0.2, 0) is 4.79 Å². The van der Waals surface area contributed by atoms with Crippen molar-refractivity contribution in [2.75, 3.05) is 6.54 Å². The molecule has 2 rings (SSSR count). The molecule has 3 nitrogen and oxygen atoms in total. The molecule has 2 atom stereocenters. The van der Waals surface area contributed by atoms with Crippen molar-refractivity contribution >= 4 is 5.91 Å². The molecular weight excluding hydrogens is 200 g/mol. The van der Waals surface area contributed by atoms with Crippen molar-refractivity contribution in [3.63, 3.8) is 0 Å². The zero-order chi connectivity index (χ0) is 11.4. The smallest absolute Gasteiger partial charge is 0.234 e. The Labute approximate surface area is 98.4 Å². The molecule has 2 aliphatic carbocycles. The van der Waals surface area contributed by atoms with Crippen LogP contribution in [0.3, 0.4) is 0 Å². The molecule has 0 aromatic rings. The van der Waals surface area contributed by atoms with E-state index in [1.807, 2.05) is 0 Å². The van der Waals surface area contributed by atoms with Crippen LogP contribution >= 0.6 is 0 Å². The van der Waals surface area contributed by atoms with E-state index >= 15 is 0 Å². The lowest BCUT2D eigenvalue weighted by Crippen LogP contribution is -2.40. The molecule has 0 spiro atoms. The molecule has 0 aromatic heterocycles. The Balaban J connectivity index is 1.54. The Morgan fingerprint density at radius 1 is 1.31 bits per heavy atom. The number of carbonyl (C=O) groups is 1. The lowest BCUT2D eigenvalue weighted by Gasteiger charge is -2.12. The number of rotatable bonds is 6. The van der Waals surface area contributed by atoms with Crippen molar-refractivity contribution < 1.29 is 4.79 Å². The topological polar surface area (TPSA) is 41.1 Å². The fourth-order valence-corrected chi connectivity index (χ4v) is 2.76. The number of hydrogen-bond donors (Lipinski definition) is 2. The highest BCUT2D eigenvalue weighted by Gasteiger charge is 2.35. The maximum absolute atomic E-state index is 11.6. The van der Waals surface area contributed by atoms with E-state index in [0.717, 1.165) is 5.92 Å². The fourth-order valence-electron chi connectivity index (χ4n) is 2.76. The van der Waals surface area contributed by atoms with Gasteiger partial charge < -0.3 is 10.6 Å². The predicted octanol–water partition coefficient (Wildman–Crippen LogP) is 1.82. The van der Waals surface area contributed by atoms with Crippen molar-refractivity contribution in [1.82, 2.24) is 10.6 Å². The second-order valence-electron chi connectivity index (χ2n) is 5.32. The standard InChI is InChI=1S/C13H24N2O/c1-2-5-10-8-12(10)14-9-13(16)15-11-6-3-4-7-11/h10-12,14H,2-9H2,1H3,(H,15,16). The van der Waals surface area contributed by atoms with Crippen LogP contribution < -0.4 is 10.6 Å². The summed E-state index contributed by atoms with van der Waals surface area (Å²) in [6.07, 6.45) is 8.74. The average Bonchev–Trinajstić information content (AvgIpc) is 2.79. The van der Waals surface area contributed by atoms with Gasteiger partial charge in [0, 0.05) is 12.1 Å². The van der Waals surface area contributed by atoms with E-state index < -0.39 is 0 Å². The summed E-state index contributed by atoms with van der Waals surface area (Å²) in [6, 6.07) is 1.08. The van der Waals surface area contributed by atoms with Gasteiger partial charge in [-0.05, 0) is 31.6 Å². The minimum Gasteiger partial charge on any atom is -0.352 e. The summed E-state index contributed by atoms with van der Waals surface area (Å²) >= 11 is 0. The fraction of sp³-hybridized carbons (Fsp3) is 0.923. The third-order valence-electron chi connectivity index (χ3n) is 3.83. The lowest BCUT2D eigenvalue weighted by atomic mass is 10.2. The highest BCUT2D eigenvalue weighted by molar-refractivity contribution is 5.78. The summed E-state index contributed by atoms with van der Waals surface area (Å²) in [5.74, 6) is 1.03. The van der Waals surface area contributed by atoms with Gasteiger partial charge in [0.05, 0.1) is 6.54 Å². The van der Waals surface area contributed by atoms with Gasteiger partial charge in [-0.25, -0.2) is 0 Å². The van der Waals surface area contributed by atoms with Gasteiger partial charge in [0.25, 0.3) is 0 Å². The molecule has 16 heavy (non-hydrogen) atoms. The molecule has 2 aliphatic rings. The number of nitrogens with one attached hydrogen (secondary N) is 2. The van der Waals surface area contributed by atoms with Crippen LogP contribution in [0.1, 0.15) is 51.9 Å². The Morgan fingerprint density at radius 2 is 2.06 bits per heavy atom. The first-order valence-corrected chi connectivity index (χ1v) is 6.82. The number of hydrogen-bond acceptors (Lipinski definition) is 2. The number of carbonyl (C=O) groups excluding carboxylic acids is 1. The Kier molecular flexibility index (Phi) is 4.22. The zero-order valence-electron chi connectivity index (χ0n) is 10.3. The molecule has 0 radical (unpaired) electrons. The summed E-state index contributed by atoms with van der Waals surface area (Å²) in [4.78, 5) is 11.6. The van der Waals surface area contributed by atoms with E-state index in [4.69, 9.17) is 0 Å². The highest BCUT2D eigenvalue weighted by Crippen LogP contribution is 2.34. The van der Waals surface area contributed by atoms with Gasteiger partial charge in [0.2, 0.25) is 5.91 Å². The monoisotopic (exact) mass is 224 g/mol. The quantitative estimate of drug-likeness (QED) is 0.722. The molecule has 3 heteroatoms. The molecular formula is C13H24N2O. The Bertz CT molecular complexity index is 236. The predicted molar refractivity (Wildman–Crippen MR) is 65.2 cm³/mol. The van der Waals surface area contributed by atoms with E-state index in [9.17, 15) is 4.79 Å². The summed E-state index contributed by atoms with van der Waals surface area (Å²) in [5.41, 5.74) is 0. The molecule has 0 bridgehead atoms. The zero-order valence-corrected chi connectivity index (χ0v) is 10.3. The summed E-state index contributed by atoms with van der Waals surface area (Å²) in [5, 5.41) is 6.46. The van der Waals surface area contributed by atoms with Crippen molar-refractivity contribution in [3.8, 4) is 0 Å². The van der Waals surface area contributed by atoms with E-state index in [2.05, 4.69) is 17.6 Å². The summed E-state index contributed by atoms with van der Waals surface area (Å²) < 4.78 is 0. The van der Waals surface area contributed by atoms with Gasteiger partial charge in [-0.1, -0.05) is 26.2 Å². The van der Waals surface area contributed by atoms with Crippen molar-refractivity contribution in [2.24, 2.45) is 5.92 Å². The van der Waals surface area contributed by atoms with E-state index in [1.54, 1.807) is 0 Å². The van der Waals surface area contributed by atoms with Crippen LogP contribution in [0.4, 0.5) is 0 Å². The van der Waals surface area contributed by atoms with Crippen molar-refractivity contribution in [1.29, 1.82) is 0 Å². The summed E-state index contributed by atoms with van der Waals surface area (Å²) in [6.45, 7) is 2.74. The second kappa shape index (κ2) is 5.67. The van der Waals surface area contributed by atoms with E-state index in [-0.39, 0.29) is 5.91 Å². The largest absolute Gasteiger partial charge is 0.352 e. The molecule has 92 valence electrons. The lowest BCUT2D eigenvalue weighted by molar-refractivity contribution is -0.120. The first kappa shape index (κ1) is 11.9. The maximum Gasteiger partial charge on any atom is 0.234 e. The maximum atomic E-state index is 11.6. The molecule has 0 aromatic carbocycles. The average molecular weight is 224 g/mol. The van der Waals surface area contributed by atoms with Crippen LogP contribution in [-0.4, -0.2) is 24.5 Å². The molecule has 2 N–H and O–H groups in total. The molecule has 0 aliphatic heterocycles. The van der Waals surface area contributed by atoms with Crippen LogP contribution in [0.25, 0.3) is 0 Å². The Morgan fingerprint density at radius 3 is 2.75 bits per heavy atom. The molecule has 0 heterocycles. The second-order valence-corrected chi connectivity index (χ2v) is 5.32. The van der Waals surface area contributed by atoms with Crippen LogP contribution in [0, 0.1) is 5.92 Å². The minimum absolute atomic E-state index is 0.189. The van der Waals surface area contributed by atoms with Crippen LogP contribution in [0.5, 0.6) is 0 Å². The molecule has 2 unspecified atom stereocenters. The molecule has 2 saturated carbocycles. The summed E-state index contributed by atoms with van der Waals surface area (Å²) in [7, 11) is 0. The first-order chi connectivity index (χ1) is 7.79. The van der Waals surface area contributed by atoms with E-state index in [1.165, 1.54) is 44.9 Å². The van der Waals surface area contributed by atoms with Crippen LogP contribution in [0.2, 0.25) is 0 Å². The van der Waals surface area contributed by atoms with Crippen molar-refractivity contribution in [2.45, 2.75) is 64.0 Å². The van der Waals surface area contributed by atoms with Gasteiger partial charge >= 0.3 is 0 Å². The van der Waals surface area contributed by atoms with Gasteiger partial charge in [0.1, 0.15) is 0 Å². The normalized spacial score (nSPS) is 29.3. The number of amides is 1. The molecule has 1 amide bonds.